The molecule has 0 aliphatic carbocycles. The zero-order chi connectivity index (χ0) is 21.8. The molecule has 0 radical (unpaired) electrons. The van der Waals surface area contributed by atoms with Gasteiger partial charge in [0.2, 0.25) is 15.9 Å². The fourth-order valence-electron chi connectivity index (χ4n) is 3.27. The predicted octanol–water partition coefficient (Wildman–Crippen LogP) is 0.746. The van der Waals surface area contributed by atoms with Crippen LogP contribution in [0.25, 0.3) is 5.69 Å². The number of carbonyl (C=O) groups excluding carboxylic acids is 1. The molecule has 1 N–H and O–H groups in total. The summed E-state index contributed by atoms with van der Waals surface area (Å²) in [6.07, 6.45) is 1.38. The molecule has 1 saturated heterocycles. The lowest BCUT2D eigenvalue weighted by Gasteiger charge is -2.34. The number of benzene rings is 2. The summed E-state index contributed by atoms with van der Waals surface area (Å²) < 4.78 is 42.3. The molecule has 1 aliphatic rings. The molecule has 1 fully saturated rings. The SMILES string of the molecule is O=C(CNc1cc(-n2cnnn2)ccc1F)N1CCN(S(=O)(=O)c2ccccc2)CC1. The number of anilines is 1. The van der Waals surface area contributed by atoms with Crippen LogP contribution >= 0.6 is 0 Å². The van der Waals surface area contributed by atoms with Gasteiger partial charge in [-0.25, -0.2) is 17.5 Å². The summed E-state index contributed by atoms with van der Waals surface area (Å²) >= 11 is 0. The molecule has 10 nitrogen and oxygen atoms in total. The van der Waals surface area contributed by atoms with E-state index >= 15 is 0 Å². The summed E-state index contributed by atoms with van der Waals surface area (Å²) in [5.41, 5.74) is 0.688. The number of halogens is 1. The molecule has 12 heteroatoms. The zero-order valence-electron chi connectivity index (χ0n) is 16.4. The molecular formula is C19H20FN7O3S. The van der Waals surface area contributed by atoms with E-state index < -0.39 is 15.8 Å². The molecule has 3 aromatic rings. The van der Waals surface area contributed by atoms with Crippen molar-refractivity contribution in [3.05, 3.63) is 60.7 Å². The Labute approximate surface area is 178 Å². The van der Waals surface area contributed by atoms with Crippen molar-refractivity contribution in [1.82, 2.24) is 29.4 Å². The third-order valence-electron chi connectivity index (χ3n) is 4.97. The van der Waals surface area contributed by atoms with Crippen LogP contribution in [-0.2, 0) is 14.8 Å². The summed E-state index contributed by atoms with van der Waals surface area (Å²) in [6, 6.07) is 12.5. The van der Waals surface area contributed by atoms with Gasteiger partial charge in [-0.15, -0.1) is 5.10 Å². The Balaban J connectivity index is 1.34. The Morgan fingerprint density at radius 2 is 1.81 bits per heavy atom. The number of tetrazole rings is 1. The van der Waals surface area contributed by atoms with Crippen molar-refractivity contribution in [3.63, 3.8) is 0 Å². The van der Waals surface area contributed by atoms with E-state index in [1.165, 1.54) is 33.5 Å². The second-order valence-corrected chi connectivity index (χ2v) is 8.81. The molecule has 4 rings (SSSR count). The number of nitrogens with one attached hydrogen (secondary N) is 1. The largest absolute Gasteiger partial charge is 0.374 e. The number of aromatic nitrogens is 4. The minimum absolute atomic E-state index is 0.124. The van der Waals surface area contributed by atoms with Gasteiger partial charge in [-0.2, -0.15) is 4.31 Å². The first kappa shape index (κ1) is 20.9. The first-order valence-electron chi connectivity index (χ1n) is 9.55. The number of nitrogens with zero attached hydrogens (tertiary/aromatic N) is 6. The molecule has 1 amide bonds. The highest BCUT2D eigenvalue weighted by molar-refractivity contribution is 7.89. The van der Waals surface area contributed by atoms with E-state index in [4.69, 9.17) is 0 Å². The number of amides is 1. The lowest BCUT2D eigenvalue weighted by atomic mass is 10.2. The molecule has 1 aromatic heterocycles. The summed E-state index contributed by atoms with van der Waals surface area (Å²) in [6.45, 7) is 0.805. The van der Waals surface area contributed by atoms with Crippen LogP contribution in [-0.4, -0.2) is 76.5 Å². The van der Waals surface area contributed by atoms with Gasteiger partial charge in [-0.3, -0.25) is 4.79 Å². The van der Waals surface area contributed by atoms with E-state index in [2.05, 4.69) is 20.8 Å². The smallest absolute Gasteiger partial charge is 0.243 e. The highest BCUT2D eigenvalue weighted by Crippen LogP contribution is 2.19. The zero-order valence-corrected chi connectivity index (χ0v) is 17.2. The van der Waals surface area contributed by atoms with Crippen LogP contribution < -0.4 is 5.32 Å². The van der Waals surface area contributed by atoms with Crippen LogP contribution in [0.1, 0.15) is 0 Å². The van der Waals surface area contributed by atoms with Crippen molar-refractivity contribution in [1.29, 1.82) is 0 Å². The van der Waals surface area contributed by atoms with Crippen molar-refractivity contribution in [2.75, 3.05) is 38.0 Å². The molecule has 2 aromatic carbocycles. The van der Waals surface area contributed by atoms with Gasteiger partial charge in [-0.1, -0.05) is 18.2 Å². The average molecular weight is 445 g/mol. The van der Waals surface area contributed by atoms with Gasteiger partial charge in [0.25, 0.3) is 0 Å². The normalized spacial score (nSPS) is 15.1. The van der Waals surface area contributed by atoms with Crippen LogP contribution in [0.4, 0.5) is 10.1 Å². The number of sulfonamides is 1. The summed E-state index contributed by atoms with van der Waals surface area (Å²) in [5, 5.41) is 13.6. The molecule has 0 atom stereocenters. The minimum Gasteiger partial charge on any atom is -0.374 e. The molecule has 0 saturated carbocycles. The van der Waals surface area contributed by atoms with Crippen LogP contribution in [0.15, 0.2) is 59.8 Å². The van der Waals surface area contributed by atoms with Gasteiger partial charge in [-0.05, 0) is 40.8 Å². The predicted molar refractivity (Wildman–Crippen MR) is 109 cm³/mol. The van der Waals surface area contributed by atoms with Gasteiger partial charge in [0, 0.05) is 26.2 Å². The molecule has 1 aliphatic heterocycles. The van der Waals surface area contributed by atoms with Crippen molar-refractivity contribution in [2.24, 2.45) is 0 Å². The quantitative estimate of drug-likeness (QED) is 0.596. The number of carbonyl (C=O) groups is 1. The van der Waals surface area contributed by atoms with E-state index in [0.29, 0.717) is 5.69 Å². The summed E-state index contributed by atoms with van der Waals surface area (Å²) in [7, 11) is -3.59. The molecule has 0 spiro atoms. The third-order valence-corrected chi connectivity index (χ3v) is 6.88. The Hall–Kier alpha value is -3.38. The molecule has 31 heavy (non-hydrogen) atoms. The topological polar surface area (TPSA) is 113 Å². The van der Waals surface area contributed by atoms with Crippen molar-refractivity contribution in [2.45, 2.75) is 4.90 Å². The molecule has 0 bridgehead atoms. The van der Waals surface area contributed by atoms with Crippen LogP contribution in [0.5, 0.6) is 0 Å². The standard InChI is InChI=1S/C19H20FN7O3S/c20-17-7-6-15(27-14-22-23-24-27)12-18(17)21-13-19(28)25-8-10-26(11-9-25)31(29,30)16-4-2-1-3-5-16/h1-7,12,14,21H,8-11,13H2. The second-order valence-electron chi connectivity index (χ2n) is 6.87. The van der Waals surface area contributed by atoms with Gasteiger partial charge >= 0.3 is 0 Å². The highest BCUT2D eigenvalue weighted by atomic mass is 32.2. The fourth-order valence-corrected chi connectivity index (χ4v) is 4.72. The number of hydrogen-bond donors (Lipinski definition) is 1. The van der Waals surface area contributed by atoms with E-state index in [-0.39, 0.29) is 49.2 Å². The molecule has 2 heterocycles. The third kappa shape index (κ3) is 4.54. The molecular weight excluding hydrogens is 425 g/mol. The maximum atomic E-state index is 14.1. The first-order valence-corrected chi connectivity index (χ1v) is 11.0. The van der Waals surface area contributed by atoms with Gasteiger partial charge in [0.05, 0.1) is 22.8 Å². The summed E-state index contributed by atoms with van der Waals surface area (Å²) in [5.74, 6) is -0.757. The Morgan fingerprint density at radius 3 is 2.48 bits per heavy atom. The Bertz CT molecular complexity index is 1150. The minimum atomic E-state index is -3.59. The maximum Gasteiger partial charge on any atom is 0.243 e. The van der Waals surface area contributed by atoms with Crippen LogP contribution in [0, 0.1) is 5.82 Å². The van der Waals surface area contributed by atoms with Crippen LogP contribution in [0.2, 0.25) is 0 Å². The van der Waals surface area contributed by atoms with Crippen molar-refractivity contribution in [3.8, 4) is 5.69 Å². The monoisotopic (exact) mass is 445 g/mol. The maximum absolute atomic E-state index is 14.1. The molecule has 0 unspecified atom stereocenters. The average Bonchev–Trinajstić information content (AvgIpc) is 3.34. The number of piperazine rings is 1. The van der Waals surface area contributed by atoms with Crippen LogP contribution in [0.3, 0.4) is 0 Å². The number of rotatable bonds is 6. The molecule has 162 valence electrons. The van der Waals surface area contributed by atoms with Gasteiger partial charge in [0.1, 0.15) is 12.1 Å². The lowest BCUT2D eigenvalue weighted by molar-refractivity contribution is -0.130. The van der Waals surface area contributed by atoms with E-state index in [9.17, 15) is 17.6 Å². The lowest BCUT2D eigenvalue weighted by Crippen LogP contribution is -2.51. The highest BCUT2D eigenvalue weighted by Gasteiger charge is 2.29. The van der Waals surface area contributed by atoms with Gasteiger partial charge in [0.15, 0.2) is 0 Å². The van der Waals surface area contributed by atoms with E-state index in [0.717, 1.165) is 0 Å². The fraction of sp³-hybridized carbons (Fsp3) is 0.263. The Kier molecular flexibility index (Phi) is 5.91. The Morgan fingerprint density at radius 1 is 1.06 bits per heavy atom. The summed E-state index contributed by atoms with van der Waals surface area (Å²) in [4.78, 5) is 14.4. The van der Waals surface area contributed by atoms with Crippen molar-refractivity contribution >= 4 is 21.6 Å². The second kappa shape index (κ2) is 8.78. The first-order chi connectivity index (χ1) is 14.9. The number of hydrogen-bond acceptors (Lipinski definition) is 7. The van der Waals surface area contributed by atoms with E-state index in [1.54, 1.807) is 35.2 Å². The van der Waals surface area contributed by atoms with Gasteiger partial charge < -0.3 is 10.2 Å². The van der Waals surface area contributed by atoms with E-state index in [1.807, 2.05) is 0 Å². The van der Waals surface area contributed by atoms with Crippen molar-refractivity contribution < 1.29 is 17.6 Å².